The fourth-order valence-electron chi connectivity index (χ4n) is 3.36. The van der Waals surface area contributed by atoms with Crippen molar-refractivity contribution in [1.82, 2.24) is 5.32 Å². The number of phosphoric ester groups is 1. The van der Waals surface area contributed by atoms with Crippen molar-refractivity contribution >= 4 is 19.6 Å². The van der Waals surface area contributed by atoms with Gasteiger partial charge in [0.05, 0.1) is 30.8 Å². The summed E-state index contributed by atoms with van der Waals surface area (Å²) in [5.74, 6) is -7.74. The van der Waals surface area contributed by atoms with Crippen LogP contribution in [-0.4, -0.2) is 36.7 Å². The maximum absolute atomic E-state index is 13.7. The molecule has 162 valence electrons. The molecular formula is C17H14F4NO7P. The van der Waals surface area contributed by atoms with Gasteiger partial charge >= 0.3 is 7.82 Å². The number of amides is 2. The molecular weight excluding hydrogens is 437 g/mol. The van der Waals surface area contributed by atoms with Gasteiger partial charge in [0.15, 0.2) is 5.83 Å². The van der Waals surface area contributed by atoms with E-state index in [0.717, 1.165) is 6.08 Å². The average molecular weight is 451 g/mol. The molecule has 0 spiro atoms. The Labute approximate surface area is 166 Å². The highest BCUT2D eigenvalue weighted by Crippen LogP contribution is 2.56. The molecule has 3 heterocycles. The summed E-state index contributed by atoms with van der Waals surface area (Å²) in [5.41, 5.74) is -0.661. The summed E-state index contributed by atoms with van der Waals surface area (Å²) in [6.45, 7) is -1.13. The van der Waals surface area contributed by atoms with Gasteiger partial charge < -0.3 is 4.74 Å². The van der Waals surface area contributed by atoms with Gasteiger partial charge in [-0.2, -0.15) is 0 Å². The van der Waals surface area contributed by atoms with Crippen molar-refractivity contribution in [3.63, 3.8) is 0 Å². The molecule has 0 aliphatic carbocycles. The number of fused-ring (bicyclic) bond motifs is 1. The third-order valence-corrected chi connectivity index (χ3v) is 6.29. The summed E-state index contributed by atoms with van der Waals surface area (Å²) in [4.78, 5) is 23.1. The van der Waals surface area contributed by atoms with Crippen LogP contribution >= 0.6 is 7.82 Å². The standard InChI is InChI=1S/C17H14F4NO7P/c18-7-1-10(19)9(11(20)2-7)5-26-30(25)27-6-15-14(29-30)4-13(28-15)8-3-12(21)17(24)22-16(8)23/h1-3,8,13-15H,4-6H2,(H,22,23,24)/t8?,13?,14-,15+,30?/m0/s1. The van der Waals surface area contributed by atoms with Crippen LogP contribution in [0.4, 0.5) is 17.6 Å². The summed E-state index contributed by atoms with van der Waals surface area (Å²) in [6, 6.07) is 0.886. The number of phosphoric acid groups is 1. The largest absolute Gasteiger partial charge is 0.475 e. The summed E-state index contributed by atoms with van der Waals surface area (Å²) in [5, 5.41) is 1.86. The van der Waals surface area contributed by atoms with Crippen LogP contribution in [0.3, 0.4) is 0 Å². The molecule has 0 bridgehead atoms. The monoisotopic (exact) mass is 451 g/mol. The molecule has 3 unspecified atom stereocenters. The molecule has 5 atom stereocenters. The van der Waals surface area contributed by atoms with Crippen LogP contribution in [0, 0.1) is 23.4 Å². The first-order valence-corrected chi connectivity index (χ1v) is 10.2. The summed E-state index contributed by atoms with van der Waals surface area (Å²) in [6.07, 6.45) is -1.70. The first-order valence-electron chi connectivity index (χ1n) is 8.74. The number of hydrogen-bond donors (Lipinski definition) is 1. The molecule has 0 radical (unpaired) electrons. The van der Waals surface area contributed by atoms with E-state index >= 15 is 0 Å². The number of carbonyl (C=O) groups excluding carboxylic acids is 2. The van der Waals surface area contributed by atoms with E-state index in [0.29, 0.717) is 12.1 Å². The zero-order chi connectivity index (χ0) is 21.6. The fraction of sp³-hybridized carbons (Fsp3) is 0.412. The minimum atomic E-state index is -4.26. The second-order valence-corrected chi connectivity index (χ2v) is 8.44. The van der Waals surface area contributed by atoms with Gasteiger partial charge in [0.2, 0.25) is 5.91 Å². The van der Waals surface area contributed by atoms with Crippen LogP contribution in [0.15, 0.2) is 24.0 Å². The topological polar surface area (TPSA) is 100 Å². The highest BCUT2D eigenvalue weighted by atomic mass is 31.2. The highest BCUT2D eigenvalue weighted by molar-refractivity contribution is 7.48. The lowest BCUT2D eigenvalue weighted by Gasteiger charge is -2.30. The van der Waals surface area contributed by atoms with E-state index in [4.69, 9.17) is 18.3 Å². The van der Waals surface area contributed by atoms with Crippen LogP contribution in [0.2, 0.25) is 0 Å². The first kappa shape index (κ1) is 21.1. The third-order valence-electron chi connectivity index (χ3n) is 4.85. The predicted molar refractivity (Wildman–Crippen MR) is 88.6 cm³/mol. The highest BCUT2D eigenvalue weighted by Gasteiger charge is 2.50. The van der Waals surface area contributed by atoms with Crippen LogP contribution in [0.25, 0.3) is 0 Å². The van der Waals surface area contributed by atoms with Crippen molar-refractivity contribution in [2.45, 2.75) is 31.3 Å². The van der Waals surface area contributed by atoms with Crippen LogP contribution in [-0.2, 0) is 39.1 Å². The molecule has 0 aromatic heterocycles. The second kappa shape index (κ2) is 7.86. The van der Waals surface area contributed by atoms with Gasteiger partial charge in [-0.3, -0.25) is 28.5 Å². The Balaban J connectivity index is 1.42. The van der Waals surface area contributed by atoms with Gasteiger partial charge in [0.1, 0.15) is 29.7 Å². The molecule has 2 amide bonds. The zero-order valence-corrected chi connectivity index (χ0v) is 15.9. The normalized spacial score (nSPS) is 33.8. The fourth-order valence-corrected chi connectivity index (χ4v) is 4.73. The number of halogens is 4. The molecule has 8 nitrogen and oxygen atoms in total. The van der Waals surface area contributed by atoms with E-state index < -0.39 is 79.3 Å². The quantitative estimate of drug-likeness (QED) is 0.427. The summed E-state index contributed by atoms with van der Waals surface area (Å²) in [7, 11) is -4.26. The summed E-state index contributed by atoms with van der Waals surface area (Å²) >= 11 is 0. The lowest BCUT2D eigenvalue weighted by atomic mass is 9.95. The Morgan fingerprint density at radius 2 is 1.80 bits per heavy atom. The third kappa shape index (κ3) is 4.06. The van der Waals surface area contributed by atoms with Gasteiger partial charge in [-0.15, -0.1) is 0 Å². The van der Waals surface area contributed by atoms with Gasteiger partial charge in [0, 0.05) is 18.6 Å². The van der Waals surface area contributed by atoms with Crippen LogP contribution in [0.1, 0.15) is 12.0 Å². The predicted octanol–water partition coefficient (Wildman–Crippen LogP) is 2.43. The molecule has 2 fully saturated rings. The smallest absolute Gasteiger partial charge is 0.369 e. The first-order chi connectivity index (χ1) is 14.1. The van der Waals surface area contributed by atoms with Gasteiger partial charge in [-0.25, -0.2) is 22.1 Å². The number of rotatable bonds is 4. The van der Waals surface area contributed by atoms with E-state index in [1.54, 1.807) is 0 Å². The lowest BCUT2D eigenvalue weighted by Crippen LogP contribution is -2.44. The molecule has 1 N–H and O–H groups in total. The van der Waals surface area contributed by atoms with Gasteiger partial charge in [-0.1, -0.05) is 0 Å². The van der Waals surface area contributed by atoms with Crippen molar-refractivity contribution in [3.05, 3.63) is 47.1 Å². The zero-order valence-electron chi connectivity index (χ0n) is 15.0. The molecule has 30 heavy (non-hydrogen) atoms. The van der Waals surface area contributed by atoms with E-state index in [1.165, 1.54) is 0 Å². The summed E-state index contributed by atoms with van der Waals surface area (Å²) < 4.78 is 87.4. The maximum atomic E-state index is 13.7. The molecule has 1 aromatic rings. The Morgan fingerprint density at radius 1 is 1.10 bits per heavy atom. The SMILES string of the molecule is O=C1NC(=O)C(C2C[C@@H]3OP(=O)(OCc4c(F)cc(F)cc4F)OC[C@H]3O2)C=C1F. The van der Waals surface area contributed by atoms with E-state index in [2.05, 4.69) is 0 Å². The number of ether oxygens (including phenoxy) is 1. The Morgan fingerprint density at radius 3 is 2.50 bits per heavy atom. The van der Waals surface area contributed by atoms with Crippen molar-refractivity contribution in [2.24, 2.45) is 5.92 Å². The molecule has 4 rings (SSSR count). The Bertz CT molecular complexity index is 964. The molecule has 3 aliphatic heterocycles. The Hall–Kier alpha value is -2.11. The van der Waals surface area contributed by atoms with Crippen molar-refractivity contribution in [2.75, 3.05) is 6.61 Å². The average Bonchev–Trinajstić information content (AvgIpc) is 3.06. The van der Waals surface area contributed by atoms with Gasteiger partial charge in [-0.05, 0) is 6.08 Å². The van der Waals surface area contributed by atoms with E-state index in [-0.39, 0.29) is 13.0 Å². The number of nitrogens with one attached hydrogen (secondary N) is 1. The maximum Gasteiger partial charge on any atom is 0.475 e. The lowest BCUT2D eigenvalue weighted by molar-refractivity contribution is -0.136. The minimum absolute atomic E-state index is 0.00327. The van der Waals surface area contributed by atoms with Gasteiger partial charge in [0.25, 0.3) is 5.91 Å². The van der Waals surface area contributed by atoms with E-state index in [9.17, 15) is 31.7 Å². The number of imide groups is 1. The molecule has 3 aliphatic rings. The molecule has 0 saturated carbocycles. The van der Waals surface area contributed by atoms with Crippen molar-refractivity contribution < 1.29 is 50.0 Å². The van der Waals surface area contributed by atoms with Crippen LogP contribution < -0.4 is 5.32 Å². The second-order valence-electron chi connectivity index (χ2n) is 6.82. The Kier molecular flexibility index (Phi) is 5.54. The molecule has 2 saturated heterocycles. The molecule has 13 heteroatoms. The van der Waals surface area contributed by atoms with Crippen molar-refractivity contribution in [1.29, 1.82) is 0 Å². The number of benzene rings is 1. The number of carbonyl (C=O) groups is 2. The van der Waals surface area contributed by atoms with E-state index in [1.807, 2.05) is 5.32 Å². The minimum Gasteiger partial charge on any atom is -0.369 e. The van der Waals surface area contributed by atoms with Crippen molar-refractivity contribution in [3.8, 4) is 0 Å². The molecule has 1 aromatic carbocycles. The number of hydrogen-bond acceptors (Lipinski definition) is 7. The van der Waals surface area contributed by atoms with Crippen LogP contribution in [0.5, 0.6) is 0 Å².